The number of amides is 1. The molecule has 5 rings (SSSR count). The number of carbonyl (C=O) groups is 1. The summed E-state index contributed by atoms with van der Waals surface area (Å²) in [5.41, 5.74) is 6.24. The van der Waals surface area contributed by atoms with Gasteiger partial charge >= 0.3 is 0 Å². The molecule has 2 aromatic rings. The van der Waals surface area contributed by atoms with Crippen LogP contribution < -0.4 is 15.1 Å². The highest BCUT2D eigenvalue weighted by Gasteiger charge is 2.41. The molecule has 134 valence electrons. The van der Waals surface area contributed by atoms with E-state index in [0.717, 1.165) is 24.2 Å². The van der Waals surface area contributed by atoms with Crippen LogP contribution in [0.4, 0.5) is 17.1 Å². The molecular weight excluding hydrogens is 322 g/mol. The first-order chi connectivity index (χ1) is 12.6. The third kappa shape index (κ3) is 2.39. The van der Waals surface area contributed by atoms with Crippen molar-refractivity contribution in [3.63, 3.8) is 0 Å². The van der Waals surface area contributed by atoms with E-state index in [-0.39, 0.29) is 11.9 Å². The fraction of sp³-hybridized carbons (Fsp3) is 0.409. The molecule has 1 saturated carbocycles. The third-order valence-corrected chi connectivity index (χ3v) is 6.13. The predicted octanol–water partition coefficient (Wildman–Crippen LogP) is 4.12. The molecule has 1 aliphatic heterocycles. The predicted molar refractivity (Wildman–Crippen MR) is 106 cm³/mol. The van der Waals surface area contributed by atoms with Gasteiger partial charge in [0.05, 0.1) is 17.4 Å². The van der Waals surface area contributed by atoms with Crippen LogP contribution in [0.1, 0.15) is 43.4 Å². The van der Waals surface area contributed by atoms with Crippen molar-refractivity contribution in [2.24, 2.45) is 0 Å². The van der Waals surface area contributed by atoms with Gasteiger partial charge in [0.2, 0.25) is 5.91 Å². The monoisotopic (exact) mass is 347 g/mol. The number of benzene rings is 2. The van der Waals surface area contributed by atoms with Gasteiger partial charge < -0.3 is 15.1 Å². The van der Waals surface area contributed by atoms with Crippen molar-refractivity contribution in [3.8, 4) is 0 Å². The van der Waals surface area contributed by atoms with E-state index in [1.54, 1.807) is 0 Å². The lowest BCUT2D eigenvalue weighted by atomic mass is 10.1. The lowest BCUT2D eigenvalue weighted by molar-refractivity contribution is -0.119. The number of anilines is 3. The largest absolute Gasteiger partial charge is 0.378 e. The van der Waals surface area contributed by atoms with Gasteiger partial charge in [-0.15, -0.1) is 0 Å². The molecular formula is C22H25N3O. The number of nitrogens with zero attached hydrogens (tertiary/aromatic N) is 2. The third-order valence-electron chi connectivity index (χ3n) is 6.13. The van der Waals surface area contributed by atoms with Crippen LogP contribution in [-0.2, 0) is 11.2 Å². The van der Waals surface area contributed by atoms with Crippen LogP contribution in [0.25, 0.3) is 0 Å². The average Bonchev–Trinajstić information content (AvgIpc) is 3.41. The zero-order chi connectivity index (χ0) is 17.8. The summed E-state index contributed by atoms with van der Waals surface area (Å²) in [7, 11) is 1.89. The second-order valence-electron chi connectivity index (χ2n) is 7.85. The van der Waals surface area contributed by atoms with Gasteiger partial charge in [-0.3, -0.25) is 4.79 Å². The number of hydrogen-bond donors (Lipinski definition) is 1. The minimum absolute atomic E-state index is 0.0811. The van der Waals surface area contributed by atoms with E-state index in [1.807, 2.05) is 18.9 Å². The molecule has 4 heteroatoms. The standard InChI is InChI=1S/C22H25N3O/c1-14-22(26)24(2)20-12-8-16(13-21(20)25(14)17-9-10-17)23-19-11-7-15-5-3-4-6-18(15)19/h3-6,8,12-14,17,19,23H,7,9-11H2,1-2H3. The highest BCUT2D eigenvalue weighted by Crippen LogP contribution is 2.44. The summed E-state index contributed by atoms with van der Waals surface area (Å²) >= 11 is 0. The van der Waals surface area contributed by atoms with Gasteiger partial charge in [0.25, 0.3) is 0 Å². The molecule has 0 aromatic heterocycles. The molecule has 2 aliphatic carbocycles. The van der Waals surface area contributed by atoms with Crippen LogP contribution >= 0.6 is 0 Å². The molecule has 1 N–H and O–H groups in total. The van der Waals surface area contributed by atoms with Gasteiger partial charge in [0.15, 0.2) is 0 Å². The molecule has 2 unspecified atom stereocenters. The van der Waals surface area contributed by atoms with Crippen molar-refractivity contribution >= 4 is 23.0 Å². The van der Waals surface area contributed by atoms with E-state index < -0.39 is 0 Å². The molecule has 2 atom stereocenters. The maximum absolute atomic E-state index is 12.6. The Morgan fingerprint density at radius 1 is 1.04 bits per heavy atom. The summed E-state index contributed by atoms with van der Waals surface area (Å²) < 4.78 is 0. The SMILES string of the molecule is CC1C(=O)N(C)c2ccc(NC3CCc4ccccc43)cc2N1C1CC1. The quantitative estimate of drug-likeness (QED) is 0.907. The molecule has 0 bridgehead atoms. The number of nitrogens with one attached hydrogen (secondary N) is 1. The number of carbonyl (C=O) groups excluding carboxylic acids is 1. The maximum atomic E-state index is 12.6. The van der Waals surface area contributed by atoms with Crippen LogP contribution in [0.3, 0.4) is 0 Å². The minimum atomic E-state index is -0.0811. The molecule has 26 heavy (non-hydrogen) atoms. The Morgan fingerprint density at radius 3 is 2.65 bits per heavy atom. The Kier molecular flexibility index (Phi) is 3.49. The molecule has 0 radical (unpaired) electrons. The summed E-state index contributed by atoms with van der Waals surface area (Å²) in [6, 6.07) is 16.0. The fourth-order valence-corrected chi connectivity index (χ4v) is 4.60. The zero-order valence-electron chi connectivity index (χ0n) is 15.4. The van der Waals surface area contributed by atoms with Crippen molar-refractivity contribution in [1.29, 1.82) is 0 Å². The number of hydrogen-bond acceptors (Lipinski definition) is 3. The van der Waals surface area contributed by atoms with Gasteiger partial charge in [-0.05, 0) is 61.9 Å². The number of rotatable bonds is 3. The van der Waals surface area contributed by atoms with Crippen molar-refractivity contribution < 1.29 is 4.79 Å². The summed E-state index contributed by atoms with van der Waals surface area (Å²) in [6.45, 7) is 2.04. The molecule has 0 saturated heterocycles. The van der Waals surface area contributed by atoms with Crippen LogP contribution in [0.2, 0.25) is 0 Å². The van der Waals surface area contributed by atoms with E-state index in [0.29, 0.717) is 12.1 Å². The van der Waals surface area contributed by atoms with Crippen LogP contribution in [0, 0.1) is 0 Å². The molecule has 2 aromatic carbocycles. The number of fused-ring (bicyclic) bond motifs is 2. The van der Waals surface area contributed by atoms with Gasteiger partial charge in [-0.1, -0.05) is 24.3 Å². The number of likely N-dealkylation sites (N-methyl/N-ethyl adjacent to an activating group) is 1. The summed E-state index contributed by atoms with van der Waals surface area (Å²) in [5, 5.41) is 3.74. The molecule has 3 aliphatic rings. The topological polar surface area (TPSA) is 35.6 Å². The molecule has 1 fully saturated rings. The molecule has 1 heterocycles. The first-order valence-electron chi connectivity index (χ1n) is 9.68. The Hall–Kier alpha value is -2.49. The van der Waals surface area contributed by atoms with E-state index in [4.69, 9.17) is 0 Å². The van der Waals surface area contributed by atoms with Gasteiger partial charge in [-0.25, -0.2) is 0 Å². The second kappa shape index (κ2) is 5.76. The van der Waals surface area contributed by atoms with Crippen LogP contribution in [0.15, 0.2) is 42.5 Å². The Morgan fingerprint density at radius 2 is 1.85 bits per heavy atom. The first-order valence-corrected chi connectivity index (χ1v) is 9.68. The highest BCUT2D eigenvalue weighted by atomic mass is 16.2. The lowest BCUT2D eigenvalue weighted by Crippen LogP contribution is -2.51. The number of aryl methyl sites for hydroxylation is 1. The highest BCUT2D eigenvalue weighted by molar-refractivity contribution is 6.05. The van der Waals surface area contributed by atoms with Crippen LogP contribution in [-0.4, -0.2) is 25.0 Å². The smallest absolute Gasteiger partial charge is 0.249 e. The van der Waals surface area contributed by atoms with Gasteiger partial charge in [0, 0.05) is 18.8 Å². The molecule has 0 spiro atoms. The Labute approximate surface area is 154 Å². The first kappa shape index (κ1) is 15.7. The second-order valence-corrected chi connectivity index (χ2v) is 7.85. The lowest BCUT2D eigenvalue weighted by Gasteiger charge is -2.41. The van der Waals surface area contributed by atoms with Crippen molar-refractivity contribution in [1.82, 2.24) is 0 Å². The van der Waals surface area contributed by atoms with Gasteiger partial charge in [0.1, 0.15) is 6.04 Å². The van der Waals surface area contributed by atoms with Crippen LogP contribution in [0.5, 0.6) is 0 Å². The van der Waals surface area contributed by atoms with E-state index in [9.17, 15) is 4.79 Å². The van der Waals surface area contributed by atoms with E-state index in [1.165, 1.54) is 29.7 Å². The van der Waals surface area contributed by atoms with Gasteiger partial charge in [-0.2, -0.15) is 0 Å². The summed E-state index contributed by atoms with van der Waals surface area (Å²) in [6.07, 6.45) is 4.65. The van der Waals surface area contributed by atoms with E-state index >= 15 is 0 Å². The van der Waals surface area contributed by atoms with Crippen molar-refractivity contribution in [2.75, 3.05) is 22.2 Å². The molecule has 4 nitrogen and oxygen atoms in total. The normalized spacial score (nSPS) is 24.5. The van der Waals surface area contributed by atoms with Crippen molar-refractivity contribution in [2.45, 2.75) is 50.7 Å². The summed E-state index contributed by atoms with van der Waals surface area (Å²) in [4.78, 5) is 16.8. The average molecular weight is 347 g/mol. The maximum Gasteiger partial charge on any atom is 0.249 e. The Balaban J connectivity index is 1.48. The van der Waals surface area contributed by atoms with Crippen molar-refractivity contribution in [3.05, 3.63) is 53.6 Å². The Bertz CT molecular complexity index is 873. The molecule has 1 amide bonds. The zero-order valence-corrected chi connectivity index (χ0v) is 15.4. The van der Waals surface area contributed by atoms with E-state index in [2.05, 4.69) is 52.7 Å². The summed E-state index contributed by atoms with van der Waals surface area (Å²) in [5.74, 6) is 0.190. The fourth-order valence-electron chi connectivity index (χ4n) is 4.60. The minimum Gasteiger partial charge on any atom is -0.378 e.